The first kappa shape index (κ1) is 19.6. The summed E-state index contributed by atoms with van der Waals surface area (Å²) in [6.45, 7) is 1.88. The number of carbonyl (C=O) groups is 1. The zero-order valence-electron chi connectivity index (χ0n) is 15.9. The average molecular weight is 379 g/mol. The van der Waals surface area contributed by atoms with E-state index >= 15 is 0 Å². The lowest BCUT2D eigenvalue weighted by molar-refractivity contribution is -0.260. The van der Waals surface area contributed by atoms with Gasteiger partial charge in [-0.05, 0) is 31.9 Å². The Labute approximate surface area is 163 Å². The first-order valence-corrected chi connectivity index (χ1v) is 8.74. The standard InChI is InChI=1S/C20H21N5O3/c1-14-9-10-19(13-22)18(11-14,12-21)16(25-20(19,27-2)28-3)24-17(26)23-15-7-5-4-6-8-15/h4-9H,10-11H2,1-3H3,(H2,23,24,25,26). The second-order valence-corrected chi connectivity index (χ2v) is 6.86. The van der Waals surface area contributed by atoms with Gasteiger partial charge in [0.15, 0.2) is 5.41 Å². The van der Waals surface area contributed by atoms with Gasteiger partial charge < -0.3 is 14.8 Å². The summed E-state index contributed by atoms with van der Waals surface area (Å²) >= 11 is 0. The number of amidine groups is 1. The molecule has 0 saturated carbocycles. The topological polar surface area (TPSA) is 120 Å². The van der Waals surface area contributed by atoms with E-state index in [1.807, 2.05) is 19.1 Å². The number of para-hydroxylation sites is 1. The molecular formula is C20H21N5O3. The van der Waals surface area contributed by atoms with E-state index < -0.39 is 22.8 Å². The molecule has 2 aliphatic rings. The van der Waals surface area contributed by atoms with E-state index in [0.717, 1.165) is 5.57 Å². The van der Waals surface area contributed by atoms with Gasteiger partial charge in [0, 0.05) is 19.9 Å². The smallest absolute Gasteiger partial charge is 0.324 e. The minimum absolute atomic E-state index is 0.0566. The van der Waals surface area contributed by atoms with Crippen molar-refractivity contribution in [3.8, 4) is 12.1 Å². The van der Waals surface area contributed by atoms with Crippen molar-refractivity contribution in [2.45, 2.75) is 25.7 Å². The molecule has 3 rings (SSSR count). The highest BCUT2D eigenvalue weighted by atomic mass is 16.7. The van der Waals surface area contributed by atoms with Crippen LogP contribution in [-0.2, 0) is 9.47 Å². The van der Waals surface area contributed by atoms with Gasteiger partial charge in [-0.2, -0.15) is 10.5 Å². The van der Waals surface area contributed by atoms with Gasteiger partial charge in [-0.3, -0.25) is 5.32 Å². The number of allylic oxidation sites excluding steroid dienone is 2. The van der Waals surface area contributed by atoms with Gasteiger partial charge >= 0.3 is 6.03 Å². The average Bonchev–Trinajstić information content (AvgIpc) is 2.95. The number of nitriles is 2. The predicted molar refractivity (Wildman–Crippen MR) is 102 cm³/mol. The number of rotatable bonds is 3. The van der Waals surface area contributed by atoms with Crippen LogP contribution < -0.4 is 10.6 Å². The van der Waals surface area contributed by atoms with Crippen LogP contribution in [0, 0.1) is 33.5 Å². The van der Waals surface area contributed by atoms with E-state index in [1.54, 1.807) is 24.3 Å². The molecule has 28 heavy (non-hydrogen) atoms. The number of aliphatic imine (C=N–C) groups is 1. The number of anilines is 1. The number of nitrogens with zero attached hydrogens (tertiary/aromatic N) is 3. The molecule has 0 bridgehead atoms. The number of amides is 2. The third kappa shape index (κ3) is 2.58. The van der Waals surface area contributed by atoms with Crippen LogP contribution >= 0.6 is 0 Å². The van der Waals surface area contributed by atoms with Crippen molar-refractivity contribution in [1.82, 2.24) is 5.32 Å². The van der Waals surface area contributed by atoms with Crippen LogP contribution in [0.4, 0.5) is 10.5 Å². The van der Waals surface area contributed by atoms with Gasteiger partial charge in [0.05, 0.1) is 12.1 Å². The van der Waals surface area contributed by atoms with Crippen molar-refractivity contribution >= 4 is 17.6 Å². The summed E-state index contributed by atoms with van der Waals surface area (Å²) < 4.78 is 11.0. The number of hydrogen-bond donors (Lipinski definition) is 2. The number of benzene rings is 1. The molecule has 1 heterocycles. The van der Waals surface area contributed by atoms with Crippen LogP contribution in [0.25, 0.3) is 0 Å². The molecule has 0 saturated heterocycles. The summed E-state index contributed by atoms with van der Waals surface area (Å²) in [6.07, 6.45) is 2.32. The fourth-order valence-electron chi connectivity index (χ4n) is 4.01. The number of fused-ring (bicyclic) bond motifs is 1. The molecule has 8 nitrogen and oxygen atoms in total. The Morgan fingerprint density at radius 2 is 1.82 bits per heavy atom. The maximum absolute atomic E-state index is 12.6. The molecule has 2 atom stereocenters. The van der Waals surface area contributed by atoms with Gasteiger partial charge in [-0.25, -0.2) is 9.79 Å². The van der Waals surface area contributed by atoms with Crippen LogP contribution in [0.1, 0.15) is 19.8 Å². The highest BCUT2D eigenvalue weighted by molar-refractivity contribution is 6.08. The van der Waals surface area contributed by atoms with Crippen molar-refractivity contribution in [2.24, 2.45) is 15.8 Å². The normalized spacial score (nSPS) is 27.5. The Morgan fingerprint density at radius 3 is 2.39 bits per heavy atom. The van der Waals surface area contributed by atoms with Crippen LogP contribution in [0.2, 0.25) is 0 Å². The minimum atomic E-state index is -1.70. The molecule has 1 aliphatic carbocycles. The fraction of sp³-hybridized carbons (Fsp3) is 0.400. The molecule has 144 valence electrons. The summed E-state index contributed by atoms with van der Waals surface area (Å²) in [6, 6.07) is 12.8. The highest BCUT2D eigenvalue weighted by Gasteiger charge is 2.74. The summed E-state index contributed by atoms with van der Waals surface area (Å²) in [7, 11) is 2.73. The van der Waals surface area contributed by atoms with Gasteiger partial charge in [0.2, 0.25) is 0 Å². The number of ether oxygens (including phenoxy) is 2. The third-order valence-corrected chi connectivity index (χ3v) is 5.43. The zero-order chi connectivity index (χ0) is 20.4. The van der Waals surface area contributed by atoms with Crippen molar-refractivity contribution in [3.63, 3.8) is 0 Å². The van der Waals surface area contributed by atoms with E-state index in [2.05, 4.69) is 27.8 Å². The maximum atomic E-state index is 12.6. The maximum Gasteiger partial charge on any atom is 0.324 e. The molecule has 1 aromatic carbocycles. The molecule has 1 aromatic rings. The van der Waals surface area contributed by atoms with Gasteiger partial charge in [-0.15, -0.1) is 0 Å². The SMILES string of the molecule is COC1(OC)N=C(NC(=O)Nc2ccccc2)C2(C#N)CC(C)=CCC12C#N. The van der Waals surface area contributed by atoms with Crippen LogP contribution in [0.3, 0.4) is 0 Å². The first-order valence-electron chi connectivity index (χ1n) is 8.74. The molecule has 0 aromatic heterocycles. The van der Waals surface area contributed by atoms with E-state index in [4.69, 9.17) is 9.47 Å². The number of nitrogens with one attached hydrogen (secondary N) is 2. The molecule has 0 spiro atoms. The summed E-state index contributed by atoms with van der Waals surface area (Å²) in [5.74, 6) is -1.65. The van der Waals surface area contributed by atoms with E-state index in [-0.39, 0.29) is 18.7 Å². The van der Waals surface area contributed by atoms with Crippen molar-refractivity contribution in [3.05, 3.63) is 42.0 Å². The summed E-state index contributed by atoms with van der Waals surface area (Å²) in [4.78, 5) is 17.0. The molecular weight excluding hydrogens is 358 g/mol. The Bertz CT molecular complexity index is 923. The van der Waals surface area contributed by atoms with Crippen LogP contribution in [-0.4, -0.2) is 32.0 Å². The van der Waals surface area contributed by atoms with Crippen molar-refractivity contribution in [1.29, 1.82) is 10.5 Å². The highest BCUT2D eigenvalue weighted by Crippen LogP contribution is 2.61. The van der Waals surface area contributed by atoms with Crippen molar-refractivity contribution in [2.75, 3.05) is 19.5 Å². The number of carbonyl (C=O) groups excluding carboxylic acids is 1. The zero-order valence-corrected chi connectivity index (χ0v) is 15.9. The Morgan fingerprint density at radius 1 is 1.14 bits per heavy atom. The van der Waals surface area contributed by atoms with Crippen LogP contribution in [0.5, 0.6) is 0 Å². The lowest BCUT2D eigenvalue weighted by atomic mass is 9.57. The van der Waals surface area contributed by atoms with E-state index in [1.165, 1.54) is 14.2 Å². The summed E-state index contributed by atoms with van der Waals surface area (Å²) in [5, 5.41) is 25.6. The number of methoxy groups -OCH3 is 2. The molecule has 8 heteroatoms. The lowest BCUT2D eigenvalue weighted by Crippen LogP contribution is -2.58. The summed E-state index contributed by atoms with van der Waals surface area (Å²) in [5.41, 5.74) is -1.35. The number of urea groups is 1. The first-order chi connectivity index (χ1) is 13.4. The Kier molecular flexibility index (Phi) is 4.95. The minimum Gasteiger partial charge on any atom is -0.333 e. The quantitative estimate of drug-likeness (QED) is 0.618. The van der Waals surface area contributed by atoms with E-state index in [9.17, 15) is 15.3 Å². The molecule has 1 aliphatic heterocycles. The predicted octanol–water partition coefficient (Wildman–Crippen LogP) is 2.93. The molecule has 2 N–H and O–H groups in total. The monoisotopic (exact) mass is 379 g/mol. The molecule has 2 amide bonds. The van der Waals surface area contributed by atoms with E-state index in [0.29, 0.717) is 5.69 Å². The molecule has 0 radical (unpaired) electrons. The second kappa shape index (κ2) is 7.08. The largest absolute Gasteiger partial charge is 0.333 e. The van der Waals surface area contributed by atoms with Gasteiger partial charge in [-0.1, -0.05) is 29.8 Å². The third-order valence-electron chi connectivity index (χ3n) is 5.43. The Hall–Kier alpha value is -3.20. The molecule has 0 fully saturated rings. The number of hydrogen-bond acceptors (Lipinski definition) is 6. The Balaban J connectivity index is 2.04. The lowest BCUT2D eigenvalue weighted by Gasteiger charge is -2.45. The van der Waals surface area contributed by atoms with Crippen LogP contribution in [0.15, 0.2) is 47.0 Å². The second-order valence-electron chi connectivity index (χ2n) is 6.86. The fourth-order valence-corrected chi connectivity index (χ4v) is 4.01. The van der Waals surface area contributed by atoms with Crippen molar-refractivity contribution < 1.29 is 14.3 Å². The van der Waals surface area contributed by atoms with Gasteiger partial charge in [0.1, 0.15) is 11.3 Å². The molecule has 2 unspecified atom stereocenters. The van der Waals surface area contributed by atoms with Gasteiger partial charge in [0.25, 0.3) is 5.91 Å².